The van der Waals surface area contributed by atoms with Gasteiger partial charge in [-0.05, 0) is 56.1 Å². The number of pyridine rings is 1. The molecule has 0 N–H and O–H groups in total. The maximum Gasteiger partial charge on any atom is 0.0702 e. The number of halogens is 3. The summed E-state index contributed by atoms with van der Waals surface area (Å²) in [5.41, 5.74) is 1.95. The Labute approximate surface area is 110 Å². The number of hydrogen-bond donors (Lipinski definition) is 0. The average molecular weight is 347 g/mol. The molecule has 1 aromatic heterocycles. The Kier molecular flexibility index (Phi) is 3.44. The first-order valence-electron chi connectivity index (χ1n) is 4.24. The van der Waals surface area contributed by atoms with Crippen molar-refractivity contribution in [2.75, 3.05) is 0 Å². The van der Waals surface area contributed by atoms with Gasteiger partial charge < -0.3 is 0 Å². The summed E-state index contributed by atoms with van der Waals surface area (Å²) in [4.78, 5) is 4.28. The van der Waals surface area contributed by atoms with Crippen molar-refractivity contribution in [3.8, 4) is 11.3 Å². The van der Waals surface area contributed by atoms with Crippen molar-refractivity contribution < 1.29 is 0 Å². The van der Waals surface area contributed by atoms with E-state index in [1.165, 1.54) is 0 Å². The van der Waals surface area contributed by atoms with Gasteiger partial charge in [0, 0.05) is 20.7 Å². The van der Waals surface area contributed by atoms with Crippen molar-refractivity contribution in [2.45, 2.75) is 0 Å². The van der Waals surface area contributed by atoms with Crippen molar-refractivity contribution in [3.63, 3.8) is 0 Å². The molecule has 0 atom stereocenters. The van der Waals surface area contributed by atoms with Gasteiger partial charge in [-0.3, -0.25) is 4.98 Å². The highest BCUT2D eigenvalue weighted by Gasteiger charge is 2.06. The molecule has 1 aromatic carbocycles. The van der Waals surface area contributed by atoms with E-state index in [1.807, 2.05) is 30.3 Å². The van der Waals surface area contributed by atoms with Gasteiger partial charge in [-0.2, -0.15) is 0 Å². The summed E-state index contributed by atoms with van der Waals surface area (Å²) in [6.07, 6.45) is 1.77. The summed E-state index contributed by atoms with van der Waals surface area (Å²) in [5, 5.41) is 0.676. The van der Waals surface area contributed by atoms with Crippen LogP contribution in [0, 0.1) is 0 Å². The normalized spacial score (nSPS) is 10.3. The molecule has 0 aliphatic carbocycles. The van der Waals surface area contributed by atoms with Gasteiger partial charge in [0.2, 0.25) is 0 Å². The van der Waals surface area contributed by atoms with Crippen molar-refractivity contribution >= 4 is 43.5 Å². The van der Waals surface area contributed by atoms with E-state index in [0.717, 1.165) is 20.2 Å². The van der Waals surface area contributed by atoms with E-state index < -0.39 is 0 Å². The van der Waals surface area contributed by atoms with Crippen LogP contribution >= 0.6 is 43.5 Å². The zero-order valence-electron chi connectivity index (χ0n) is 7.55. The highest BCUT2D eigenvalue weighted by Crippen LogP contribution is 2.34. The first-order chi connectivity index (χ1) is 7.18. The first-order valence-corrected chi connectivity index (χ1v) is 6.21. The van der Waals surface area contributed by atoms with E-state index >= 15 is 0 Å². The third-order valence-electron chi connectivity index (χ3n) is 1.94. The summed E-state index contributed by atoms with van der Waals surface area (Å²) in [6.45, 7) is 0. The largest absolute Gasteiger partial charge is 0.256 e. The third kappa shape index (κ3) is 2.41. The molecule has 1 nitrogen and oxygen atoms in total. The minimum Gasteiger partial charge on any atom is -0.256 e. The smallest absolute Gasteiger partial charge is 0.0702 e. The Morgan fingerprint density at radius 1 is 1.07 bits per heavy atom. The van der Waals surface area contributed by atoms with Crippen LogP contribution < -0.4 is 0 Å². The second-order valence-corrected chi connectivity index (χ2v) is 5.06. The lowest BCUT2D eigenvalue weighted by molar-refractivity contribution is 1.32. The average Bonchev–Trinajstić information content (AvgIpc) is 2.26. The predicted molar refractivity (Wildman–Crippen MR) is 70.1 cm³/mol. The minimum absolute atomic E-state index is 0.676. The minimum atomic E-state index is 0.676. The first kappa shape index (κ1) is 11.1. The maximum absolute atomic E-state index is 6.02. The molecular weight excluding hydrogens is 341 g/mol. The van der Waals surface area contributed by atoms with Crippen molar-refractivity contribution in [3.05, 3.63) is 50.5 Å². The fraction of sp³-hybridized carbons (Fsp3) is 0. The van der Waals surface area contributed by atoms with Crippen LogP contribution in [0.15, 0.2) is 45.5 Å². The van der Waals surface area contributed by atoms with Crippen molar-refractivity contribution in [2.24, 2.45) is 0 Å². The molecule has 2 aromatic rings. The SMILES string of the molecule is Clc1c(Br)cc(-c2ccccn2)cc1Br. The fourth-order valence-electron chi connectivity index (χ4n) is 1.24. The van der Waals surface area contributed by atoms with E-state index in [2.05, 4.69) is 36.8 Å². The lowest BCUT2D eigenvalue weighted by Crippen LogP contribution is -1.83. The Bertz CT molecular complexity index is 462. The number of aromatic nitrogens is 1. The molecule has 0 aliphatic heterocycles. The van der Waals surface area contributed by atoms with Crippen LogP contribution in [-0.4, -0.2) is 4.98 Å². The molecule has 0 saturated carbocycles. The van der Waals surface area contributed by atoms with Gasteiger partial charge in [0.1, 0.15) is 0 Å². The molecule has 2 rings (SSSR count). The molecule has 0 aliphatic rings. The van der Waals surface area contributed by atoms with Gasteiger partial charge >= 0.3 is 0 Å². The van der Waals surface area contributed by atoms with E-state index in [0.29, 0.717) is 5.02 Å². The van der Waals surface area contributed by atoms with Crippen molar-refractivity contribution in [1.29, 1.82) is 0 Å². The van der Waals surface area contributed by atoms with Gasteiger partial charge in [0.15, 0.2) is 0 Å². The van der Waals surface area contributed by atoms with Crippen LogP contribution in [-0.2, 0) is 0 Å². The van der Waals surface area contributed by atoms with Crippen molar-refractivity contribution in [1.82, 2.24) is 4.98 Å². The van der Waals surface area contributed by atoms with E-state index in [1.54, 1.807) is 6.20 Å². The second kappa shape index (κ2) is 4.64. The molecule has 0 spiro atoms. The monoisotopic (exact) mass is 345 g/mol. The molecule has 15 heavy (non-hydrogen) atoms. The lowest BCUT2D eigenvalue weighted by Gasteiger charge is -2.04. The van der Waals surface area contributed by atoms with Crippen LogP contribution in [0.5, 0.6) is 0 Å². The predicted octanol–water partition coefficient (Wildman–Crippen LogP) is 4.93. The van der Waals surface area contributed by atoms with E-state index in [9.17, 15) is 0 Å². The van der Waals surface area contributed by atoms with Crippen LogP contribution in [0.2, 0.25) is 5.02 Å². The molecule has 0 radical (unpaired) electrons. The second-order valence-electron chi connectivity index (χ2n) is 2.97. The van der Waals surface area contributed by atoms with E-state index in [4.69, 9.17) is 11.6 Å². The Morgan fingerprint density at radius 3 is 2.27 bits per heavy atom. The lowest BCUT2D eigenvalue weighted by atomic mass is 10.1. The molecule has 0 bridgehead atoms. The Hall–Kier alpha value is -0.380. The molecule has 4 heteroatoms. The van der Waals surface area contributed by atoms with Crippen LogP contribution in [0.1, 0.15) is 0 Å². The van der Waals surface area contributed by atoms with Crippen LogP contribution in [0.25, 0.3) is 11.3 Å². The van der Waals surface area contributed by atoms with Gasteiger partial charge in [-0.25, -0.2) is 0 Å². The van der Waals surface area contributed by atoms with Gasteiger partial charge in [-0.15, -0.1) is 0 Å². The zero-order valence-corrected chi connectivity index (χ0v) is 11.5. The fourth-order valence-corrected chi connectivity index (χ4v) is 2.53. The molecular formula is C11H6Br2ClN. The van der Waals surface area contributed by atoms with Gasteiger partial charge in [0.05, 0.1) is 10.7 Å². The Balaban J connectivity index is 2.56. The third-order valence-corrected chi connectivity index (χ3v) is 4.06. The molecule has 76 valence electrons. The quantitative estimate of drug-likeness (QED) is 0.667. The molecule has 0 fully saturated rings. The van der Waals surface area contributed by atoms with Crippen LogP contribution in [0.4, 0.5) is 0 Å². The number of rotatable bonds is 1. The summed E-state index contributed by atoms with van der Waals surface area (Å²) in [6, 6.07) is 9.72. The summed E-state index contributed by atoms with van der Waals surface area (Å²) in [5.74, 6) is 0. The highest BCUT2D eigenvalue weighted by molar-refractivity contribution is 9.11. The Morgan fingerprint density at radius 2 is 1.73 bits per heavy atom. The summed E-state index contributed by atoms with van der Waals surface area (Å²) < 4.78 is 1.72. The molecule has 0 unspecified atom stereocenters. The molecule has 1 heterocycles. The van der Waals surface area contributed by atoms with Gasteiger partial charge in [0.25, 0.3) is 0 Å². The summed E-state index contributed by atoms with van der Waals surface area (Å²) in [7, 11) is 0. The van der Waals surface area contributed by atoms with Crippen LogP contribution in [0.3, 0.4) is 0 Å². The summed E-state index contributed by atoms with van der Waals surface area (Å²) >= 11 is 12.8. The zero-order chi connectivity index (χ0) is 10.8. The number of hydrogen-bond acceptors (Lipinski definition) is 1. The standard InChI is InChI=1S/C11H6Br2ClN/c12-8-5-7(6-9(13)11(8)14)10-3-1-2-4-15-10/h1-6H. The maximum atomic E-state index is 6.02. The molecule has 0 amide bonds. The van der Waals surface area contributed by atoms with Gasteiger partial charge in [-0.1, -0.05) is 17.7 Å². The highest BCUT2D eigenvalue weighted by atomic mass is 79.9. The number of nitrogens with zero attached hydrogens (tertiary/aromatic N) is 1. The van der Waals surface area contributed by atoms with E-state index in [-0.39, 0.29) is 0 Å². The molecule has 0 saturated heterocycles. The number of benzene rings is 1. The topological polar surface area (TPSA) is 12.9 Å².